The zero-order chi connectivity index (χ0) is 22.9. The molecule has 0 saturated heterocycles. The molecule has 10 heteroatoms. The first-order chi connectivity index (χ1) is 16.0. The summed E-state index contributed by atoms with van der Waals surface area (Å²) in [5.41, 5.74) is 3.14. The molecule has 0 unspecified atom stereocenters. The fraction of sp³-hybridized carbons (Fsp3) is 0.435. The van der Waals surface area contributed by atoms with Crippen molar-refractivity contribution in [1.82, 2.24) is 29.4 Å². The first-order valence-corrected chi connectivity index (χ1v) is 12.8. The van der Waals surface area contributed by atoms with E-state index in [0.717, 1.165) is 70.8 Å². The zero-order valence-corrected chi connectivity index (χ0v) is 20.7. The molecule has 1 N–H and O–H groups in total. The van der Waals surface area contributed by atoms with Gasteiger partial charge in [0.25, 0.3) is 0 Å². The number of benzene rings is 1. The third-order valence-electron chi connectivity index (χ3n) is 6.22. The Morgan fingerprint density at radius 2 is 2.12 bits per heavy atom. The molecular formula is C23H27N7OS2. The predicted molar refractivity (Wildman–Crippen MR) is 134 cm³/mol. The van der Waals surface area contributed by atoms with Gasteiger partial charge < -0.3 is 15.1 Å². The topological polar surface area (TPSA) is 87.1 Å². The van der Waals surface area contributed by atoms with Crippen molar-refractivity contribution in [2.24, 2.45) is 5.92 Å². The fourth-order valence-corrected chi connectivity index (χ4v) is 6.28. The fourth-order valence-electron chi connectivity index (χ4n) is 4.41. The molecule has 4 aromatic rings. The third-order valence-corrected chi connectivity index (χ3v) is 8.06. The molecule has 33 heavy (non-hydrogen) atoms. The lowest BCUT2D eigenvalue weighted by Gasteiger charge is -2.29. The average molecular weight is 482 g/mol. The minimum Gasteiger partial charge on any atom is -0.341 e. The van der Waals surface area contributed by atoms with Crippen LogP contribution in [-0.4, -0.2) is 69.0 Å². The monoisotopic (exact) mass is 481 g/mol. The van der Waals surface area contributed by atoms with Crippen molar-refractivity contribution < 1.29 is 4.79 Å². The molecule has 8 nitrogen and oxygen atoms in total. The van der Waals surface area contributed by atoms with Crippen molar-refractivity contribution >= 4 is 60.7 Å². The Kier molecular flexibility index (Phi) is 6.22. The van der Waals surface area contributed by atoms with E-state index >= 15 is 0 Å². The molecule has 3 aromatic heterocycles. The second kappa shape index (κ2) is 9.28. The van der Waals surface area contributed by atoms with E-state index in [1.54, 1.807) is 17.7 Å². The Morgan fingerprint density at radius 3 is 2.94 bits per heavy atom. The largest absolute Gasteiger partial charge is 0.341 e. The molecule has 0 aliphatic heterocycles. The number of rotatable bonds is 7. The Bertz CT molecular complexity index is 1300. The van der Waals surface area contributed by atoms with E-state index in [9.17, 15) is 4.79 Å². The van der Waals surface area contributed by atoms with Gasteiger partial charge in [-0.15, -0.1) is 16.4 Å². The molecule has 5 rings (SSSR count). The van der Waals surface area contributed by atoms with Crippen molar-refractivity contribution in [1.29, 1.82) is 0 Å². The highest BCUT2D eigenvalue weighted by Crippen LogP contribution is 2.41. The summed E-state index contributed by atoms with van der Waals surface area (Å²) in [7, 11) is 4.09. The van der Waals surface area contributed by atoms with Gasteiger partial charge in [-0.3, -0.25) is 4.79 Å². The van der Waals surface area contributed by atoms with Crippen LogP contribution in [0.3, 0.4) is 0 Å². The van der Waals surface area contributed by atoms with E-state index < -0.39 is 0 Å². The average Bonchev–Trinajstić information content (AvgIpc) is 3.43. The normalized spacial score (nSPS) is 15.8. The van der Waals surface area contributed by atoms with Crippen LogP contribution >= 0.6 is 22.9 Å². The standard InChI is InChI=1S/C23H27N7OS2/c1-4-30(10-9-29(2)3)23(31)14-5-7-16-18(11-14)32-22-20(16)21(24-13-25-22)26-15-6-8-17-19(12-15)33-28-27-17/h6,8,12-14H,4-5,7,9-11H2,1-3H3,(H,24,25,26)/t14-/m0/s1. The van der Waals surface area contributed by atoms with Crippen molar-refractivity contribution in [3.8, 4) is 0 Å². The molecule has 0 saturated carbocycles. The maximum absolute atomic E-state index is 13.2. The van der Waals surface area contributed by atoms with Gasteiger partial charge in [0, 0.05) is 36.1 Å². The lowest BCUT2D eigenvalue weighted by atomic mass is 9.87. The minimum absolute atomic E-state index is 0.0401. The first kappa shape index (κ1) is 22.1. The summed E-state index contributed by atoms with van der Waals surface area (Å²) in [4.78, 5) is 28.7. The van der Waals surface area contributed by atoms with Crippen LogP contribution in [0.1, 0.15) is 23.8 Å². The Balaban J connectivity index is 1.39. The summed E-state index contributed by atoms with van der Waals surface area (Å²) < 4.78 is 5.05. The Labute approximate surface area is 200 Å². The molecule has 1 amide bonds. The molecule has 1 aliphatic rings. The predicted octanol–water partition coefficient (Wildman–Crippen LogP) is 3.95. The molecule has 0 spiro atoms. The van der Waals surface area contributed by atoms with Crippen molar-refractivity contribution in [3.63, 3.8) is 0 Å². The number of likely N-dealkylation sites (N-methyl/N-ethyl adjacent to an activating group) is 2. The number of nitrogens with zero attached hydrogens (tertiary/aromatic N) is 6. The minimum atomic E-state index is 0.0401. The van der Waals surface area contributed by atoms with Gasteiger partial charge in [-0.25, -0.2) is 9.97 Å². The zero-order valence-electron chi connectivity index (χ0n) is 19.0. The van der Waals surface area contributed by atoms with Gasteiger partial charge in [-0.05, 0) is 75.6 Å². The van der Waals surface area contributed by atoms with E-state index in [2.05, 4.69) is 42.8 Å². The highest BCUT2D eigenvalue weighted by molar-refractivity contribution is 7.19. The van der Waals surface area contributed by atoms with Gasteiger partial charge in [-0.1, -0.05) is 4.49 Å². The molecule has 1 aliphatic carbocycles. The third kappa shape index (κ3) is 4.42. The molecule has 1 atom stereocenters. The summed E-state index contributed by atoms with van der Waals surface area (Å²) in [5, 5.41) is 8.68. The maximum atomic E-state index is 13.2. The lowest BCUT2D eigenvalue weighted by Crippen LogP contribution is -2.41. The summed E-state index contributed by atoms with van der Waals surface area (Å²) >= 11 is 3.08. The maximum Gasteiger partial charge on any atom is 0.226 e. The second-order valence-electron chi connectivity index (χ2n) is 8.65. The molecule has 0 fully saturated rings. The van der Waals surface area contributed by atoms with Crippen molar-refractivity contribution in [2.75, 3.05) is 39.0 Å². The number of nitrogens with one attached hydrogen (secondary N) is 1. The highest BCUT2D eigenvalue weighted by Gasteiger charge is 2.31. The number of thiophene rings is 1. The van der Waals surface area contributed by atoms with Gasteiger partial charge in [0.15, 0.2) is 0 Å². The Morgan fingerprint density at radius 1 is 1.24 bits per heavy atom. The van der Waals surface area contributed by atoms with E-state index in [-0.39, 0.29) is 11.8 Å². The quantitative estimate of drug-likeness (QED) is 0.428. The Hall–Kier alpha value is -2.69. The van der Waals surface area contributed by atoms with E-state index in [1.807, 2.05) is 31.1 Å². The highest BCUT2D eigenvalue weighted by atomic mass is 32.1. The van der Waals surface area contributed by atoms with Crippen LogP contribution in [0.15, 0.2) is 24.5 Å². The van der Waals surface area contributed by atoms with Crippen LogP contribution in [0, 0.1) is 5.92 Å². The van der Waals surface area contributed by atoms with Crippen LogP contribution < -0.4 is 5.32 Å². The van der Waals surface area contributed by atoms with E-state index in [4.69, 9.17) is 0 Å². The van der Waals surface area contributed by atoms with Crippen LogP contribution in [0.25, 0.3) is 20.4 Å². The second-order valence-corrected chi connectivity index (χ2v) is 10.5. The van der Waals surface area contributed by atoms with Crippen molar-refractivity contribution in [2.45, 2.75) is 26.2 Å². The van der Waals surface area contributed by atoms with Crippen LogP contribution in [-0.2, 0) is 17.6 Å². The number of anilines is 2. The summed E-state index contributed by atoms with van der Waals surface area (Å²) in [6.07, 6.45) is 4.13. The molecule has 0 bridgehead atoms. The number of fused-ring (bicyclic) bond motifs is 4. The SMILES string of the molecule is CCN(CCN(C)C)C(=O)[C@H]1CCc2c(sc3ncnc(Nc4ccc5nnsc5c4)c23)C1. The van der Waals surface area contributed by atoms with Gasteiger partial charge in [-0.2, -0.15) is 0 Å². The molecule has 0 radical (unpaired) electrons. The number of hydrogen-bond donors (Lipinski definition) is 1. The van der Waals surface area contributed by atoms with E-state index in [0.29, 0.717) is 0 Å². The van der Waals surface area contributed by atoms with Crippen LogP contribution in [0.4, 0.5) is 11.5 Å². The molecule has 1 aromatic carbocycles. The number of hydrogen-bond acceptors (Lipinski definition) is 9. The van der Waals surface area contributed by atoms with Gasteiger partial charge in [0.1, 0.15) is 22.5 Å². The van der Waals surface area contributed by atoms with Crippen molar-refractivity contribution in [3.05, 3.63) is 35.0 Å². The first-order valence-electron chi connectivity index (χ1n) is 11.2. The smallest absolute Gasteiger partial charge is 0.226 e. The number of aryl methyl sites for hydroxylation is 1. The molecular weight excluding hydrogens is 454 g/mol. The van der Waals surface area contributed by atoms with Crippen LogP contribution in [0.5, 0.6) is 0 Å². The summed E-state index contributed by atoms with van der Waals surface area (Å²) in [5.74, 6) is 1.14. The number of aromatic nitrogens is 4. The lowest BCUT2D eigenvalue weighted by molar-refractivity contribution is -0.135. The molecule has 3 heterocycles. The summed E-state index contributed by atoms with van der Waals surface area (Å²) in [6.45, 7) is 4.47. The number of amides is 1. The van der Waals surface area contributed by atoms with Gasteiger partial charge in [0.05, 0.1) is 10.1 Å². The van der Waals surface area contributed by atoms with Crippen LogP contribution in [0.2, 0.25) is 0 Å². The van der Waals surface area contributed by atoms with Gasteiger partial charge in [0.2, 0.25) is 5.91 Å². The summed E-state index contributed by atoms with van der Waals surface area (Å²) in [6, 6.07) is 6.02. The molecule has 172 valence electrons. The number of carbonyl (C=O) groups excluding carboxylic acids is 1. The number of carbonyl (C=O) groups is 1. The van der Waals surface area contributed by atoms with E-state index in [1.165, 1.54) is 22.0 Å². The van der Waals surface area contributed by atoms with Gasteiger partial charge >= 0.3 is 0 Å².